The van der Waals surface area contributed by atoms with Gasteiger partial charge in [0.15, 0.2) is 11.6 Å². The largest absolute Gasteiger partial charge is 0.478 e. The maximum Gasteiger partial charge on any atom is 0.336 e. The number of aromatic carboxylic acids is 1. The molecular formula is C14H12F2O2S. The van der Waals surface area contributed by atoms with Gasteiger partial charge >= 0.3 is 5.97 Å². The van der Waals surface area contributed by atoms with Crippen LogP contribution in [0.3, 0.4) is 0 Å². The molecule has 1 N–H and O–H groups in total. The third-order valence-corrected chi connectivity index (χ3v) is 2.57. The average molecular weight is 282 g/mol. The summed E-state index contributed by atoms with van der Waals surface area (Å²) in [7, 11) is 0. The summed E-state index contributed by atoms with van der Waals surface area (Å²) in [6, 6.07) is 13.8. The summed E-state index contributed by atoms with van der Waals surface area (Å²) in [5.74, 6) is -3.64. The van der Waals surface area contributed by atoms with Crippen molar-refractivity contribution in [1.29, 1.82) is 0 Å². The van der Waals surface area contributed by atoms with Crippen molar-refractivity contribution in [3.63, 3.8) is 0 Å². The van der Waals surface area contributed by atoms with Crippen LogP contribution in [0.1, 0.15) is 15.9 Å². The van der Waals surface area contributed by atoms with Gasteiger partial charge in [0, 0.05) is 11.3 Å². The highest BCUT2D eigenvalue weighted by molar-refractivity contribution is 7.79. The number of thiol groups is 1. The first kappa shape index (κ1) is 15.2. The quantitative estimate of drug-likeness (QED) is 0.823. The number of hydrogen-bond donors (Lipinski definition) is 2. The number of hydrogen-bond acceptors (Lipinski definition) is 2. The molecule has 0 aliphatic carbocycles. The number of carboxylic acid groups (broad SMARTS) is 1. The highest BCUT2D eigenvalue weighted by atomic mass is 32.1. The molecule has 5 heteroatoms. The second-order valence-corrected chi connectivity index (χ2v) is 3.82. The molecule has 0 radical (unpaired) electrons. The van der Waals surface area contributed by atoms with Crippen molar-refractivity contribution in [3.8, 4) is 0 Å². The van der Waals surface area contributed by atoms with Gasteiger partial charge in [-0.05, 0) is 12.1 Å². The smallest absolute Gasteiger partial charge is 0.336 e. The summed E-state index contributed by atoms with van der Waals surface area (Å²) >= 11 is 3.72. The summed E-state index contributed by atoms with van der Waals surface area (Å²) in [6.45, 7) is 0. The standard InChI is InChI=1S/C8H6F2O2S.C6H6/c9-6-2-1-4(8(11)12)5(3-13)7(6)10;1-2-4-6-5-3-1/h1-2,13H,3H2,(H,11,12);1-6H. The summed E-state index contributed by atoms with van der Waals surface area (Å²) < 4.78 is 25.5. The Morgan fingerprint density at radius 2 is 1.53 bits per heavy atom. The Balaban J connectivity index is 0.000000250. The van der Waals surface area contributed by atoms with Crippen LogP contribution in [0.4, 0.5) is 8.78 Å². The van der Waals surface area contributed by atoms with E-state index in [0.717, 1.165) is 12.1 Å². The Morgan fingerprint density at radius 3 is 1.89 bits per heavy atom. The molecule has 0 spiro atoms. The molecule has 2 aromatic rings. The zero-order valence-electron chi connectivity index (χ0n) is 9.88. The van der Waals surface area contributed by atoms with Crippen molar-refractivity contribution in [2.75, 3.05) is 0 Å². The highest BCUT2D eigenvalue weighted by Gasteiger charge is 2.16. The van der Waals surface area contributed by atoms with Gasteiger partial charge in [0.05, 0.1) is 5.56 Å². The van der Waals surface area contributed by atoms with Crippen molar-refractivity contribution in [2.45, 2.75) is 5.75 Å². The van der Waals surface area contributed by atoms with Crippen LogP contribution in [0.2, 0.25) is 0 Å². The Kier molecular flexibility index (Phi) is 6.02. The van der Waals surface area contributed by atoms with Crippen molar-refractivity contribution in [3.05, 3.63) is 71.3 Å². The van der Waals surface area contributed by atoms with E-state index >= 15 is 0 Å². The SMILES string of the molecule is O=C(O)c1ccc(F)c(F)c1CS.c1ccccc1. The first-order valence-corrected chi connectivity index (χ1v) is 6.02. The van der Waals surface area contributed by atoms with Gasteiger partial charge in [0.1, 0.15) is 0 Å². The van der Waals surface area contributed by atoms with Crippen LogP contribution in [0, 0.1) is 11.6 Å². The molecule has 2 nitrogen and oxygen atoms in total. The Hall–Kier alpha value is -1.88. The maximum atomic E-state index is 12.9. The molecule has 0 aromatic heterocycles. The predicted octanol–water partition coefficient (Wildman–Crippen LogP) is 3.78. The minimum Gasteiger partial charge on any atom is -0.478 e. The molecule has 0 bridgehead atoms. The van der Waals surface area contributed by atoms with Crippen molar-refractivity contribution >= 4 is 18.6 Å². The second-order valence-electron chi connectivity index (χ2n) is 3.51. The molecule has 0 aliphatic rings. The van der Waals surface area contributed by atoms with Gasteiger partial charge in [-0.1, -0.05) is 36.4 Å². The zero-order chi connectivity index (χ0) is 14.3. The molecule has 19 heavy (non-hydrogen) atoms. The van der Waals surface area contributed by atoms with E-state index in [1.807, 2.05) is 36.4 Å². The monoisotopic (exact) mass is 282 g/mol. The first-order valence-electron chi connectivity index (χ1n) is 5.39. The first-order chi connectivity index (χ1) is 9.07. The fraction of sp³-hybridized carbons (Fsp3) is 0.0714. The predicted molar refractivity (Wildman–Crippen MR) is 72.4 cm³/mol. The normalized spacial score (nSPS) is 9.42. The van der Waals surface area contributed by atoms with Crippen LogP contribution in [-0.2, 0) is 5.75 Å². The van der Waals surface area contributed by atoms with Gasteiger partial charge in [-0.15, -0.1) is 0 Å². The Labute approximate surface area is 115 Å². The van der Waals surface area contributed by atoms with Crippen LogP contribution in [0.15, 0.2) is 48.5 Å². The van der Waals surface area contributed by atoms with Gasteiger partial charge in [-0.2, -0.15) is 12.6 Å². The topological polar surface area (TPSA) is 37.3 Å². The lowest BCUT2D eigenvalue weighted by molar-refractivity contribution is 0.0695. The number of rotatable bonds is 2. The van der Waals surface area contributed by atoms with Gasteiger partial charge in [-0.3, -0.25) is 0 Å². The van der Waals surface area contributed by atoms with Gasteiger partial charge in [-0.25, -0.2) is 13.6 Å². The molecule has 0 saturated carbocycles. The minimum atomic E-state index is -1.29. The van der Waals surface area contributed by atoms with E-state index in [-0.39, 0.29) is 16.9 Å². The minimum absolute atomic E-state index is 0.148. The van der Waals surface area contributed by atoms with E-state index in [1.54, 1.807) is 0 Å². The van der Waals surface area contributed by atoms with Gasteiger partial charge < -0.3 is 5.11 Å². The second kappa shape index (κ2) is 7.53. The molecule has 0 aliphatic heterocycles. The van der Waals surface area contributed by atoms with Crippen LogP contribution >= 0.6 is 12.6 Å². The number of carbonyl (C=O) groups is 1. The molecule has 2 aromatic carbocycles. The third kappa shape index (κ3) is 4.37. The molecule has 2 rings (SSSR count). The molecule has 0 amide bonds. The van der Waals surface area contributed by atoms with Crippen LogP contribution in [0.5, 0.6) is 0 Å². The van der Waals surface area contributed by atoms with E-state index in [9.17, 15) is 13.6 Å². The molecule has 0 saturated heterocycles. The van der Waals surface area contributed by atoms with Crippen LogP contribution < -0.4 is 0 Å². The van der Waals surface area contributed by atoms with E-state index < -0.39 is 17.6 Å². The van der Waals surface area contributed by atoms with Crippen LogP contribution in [0.25, 0.3) is 0 Å². The van der Waals surface area contributed by atoms with Crippen LogP contribution in [-0.4, -0.2) is 11.1 Å². The molecule has 100 valence electrons. The van der Waals surface area contributed by atoms with E-state index in [4.69, 9.17) is 5.11 Å². The zero-order valence-corrected chi connectivity index (χ0v) is 10.8. The molecule has 0 atom stereocenters. The maximum absolute atomic E-state index is 12.9. The number of halogens is 2. The molecule has 0 fully saturated rings. The van der Waals surface area contributed by atoms with Crippen molar-refractivity contribution in [2.24, 2.45) is 0 Å². The van der Waals surface area contributed by atoms with E-state index in [2.05, 4.69) is 12.6 Å². The summed E-state index contributed by atoms with van der Waals surface area (Å²) in [6.07, 6.45) is 0. The fourth-order valence-electron chi connectivity index (χ4n) is 1.33. The van der Waals surface area contributed by atoms with Crippen molar-refractivity contribution in [1.82, 2.24) is 0 Å². The third-order valence-electron chi connectivity index (χ3n) is 2.25. The Morgan fingerprint density at radius 1 is 1.05 bits per heavy atom. The average Bonchev–Trinajstić information content (AvgIpc) is 2.44. The molecule has 0 unspecified atom stereocenters. The lowest BCUT2D eigenvalue weighted by Crippen LogP contribution is -2.05. The summed E-state index contributed by atoms with van der Waals surface area (Å²) in [4.78, 5) is 10.5. The number of benzene rings is 2. The van der Waals surface area contributed by atoms with Gasteiger partial charge in [0.2, 0.25) is 0 Å². The lowest BCUT2D eigenvalue weighted by atomic mass is 10.1. The molecular weight excluding hydrogens is 270 g/mol. The summed E-state index contributed by atoms with van der Waals surface area (Å²) in [5.41, 5.74) is -0.482. The van der Waals surface area contributed by atoms with E-state index in [0.29, 0.717) is 0 Å². The molecule has 0 heterocycles. The Bertz CT molecular complexity index is 518. The fourth-order valence-corrected chi connectivity index (χ4v) is 1.64. The number of carboxylic acids is 1. The lowest BCUT2D eigenvalue weighted by Gasteiger charge is -2.04. The highest BCUT2D eigenvalue weighted by Crippen LogP contribution is 2.18. The van der Waals surface area contributed by atoms with E-state index in [1.165, 1.54) is 0 Å². The summed E-state index contributed by atoms with van der Waals surface area (Å²) in [5, 5.41) is 8.59. The van der Waals surface area contributed by atoms with Gasteiger partial charge in [0.25, 0.3) is 0 Å². The van der Waals surface area contributed by atoms with Crippen molar-refractivity contribution < 1.29 is 18.7 Å².